The average molecular weight is 217 g/mol. The lowest BCUT2D eigenvalue weighted by Gasteiger charge is -2.09. The van der Waals surface area contributed by atoms with Crippen LogP contribution >= 0.6 is 0 Å². The molecule has 4 heteroatoms. The summed E-state index contributed by atoms with van der Waals surface area (Å²) < 4.78 is 0. The van der Waals surface area contributed by atoms with Crippen molar-refractivity contribution in [3.05, 3.63) is 36.0 Å². The zero-order chi connectivity index (χ0) is 11.5. The van der Waals surface area contributed by atoms with Gasteiger partial charge in [-0.2, -0.15) is 0 Å². The molecule has 2 atom stereocenters. The Morgan fingerprint density at radius 2 is 2.31 bits per heavy atom. The van der Waals surface area contributed by atoms with Gasteiger partial charge in [-0.05, 0) is 25.0 Å². The molecule has 4 nitrogen and oxygen atoms in total. The van der Waals surface area contributed by atoms with Crippen molar-refractivity contribution >= 4 is 11.7 Å². The first-order valence-electron chi connectivity index (χ1n) is 5.32. The maximum atomic E-state index is 11.8. The highest BCUT2D eigenvalue weighted by Gasteiger charge is 2.22. The highest BCUT2D eigenvalue weighted by molar-refractivity contribution is 5.93. The summed E-state index contributed by atoms with van der Waals surface area (Å²) in [6.07, 6.45) is 6.13. The lowest BCUT2D eigenvalue weighted by atomic mass is 10.1. The second-order valence-corrected chi connectivity index (χ2v) is 4.10. The van der Waals surface area contributed by atoms with Crippen LogP contribution in [-0.4, -0.2) is 16.9 Å². The molecule has 1 amide bonds. The van der Waals surface area contributed by atoms with Crippen molar-refractivity contribution in [1.29, 1.82) is 0 Å². The normalized spacial score (nSPS) is 23.4. The molecule has 0 radical (unpaired) electrons. The minimum absolute atomic E-state index is 0.00160. The number of amides is 1. The van der Waals surface area contributed by atoms with Crippen LogP contribution in [0, 0.1) is 12.8 Å². The summed E-state index contributed by atoms with van der Waals surface area (Å²) in [6, 6.07) is 3.71. The molecular weight excluding hydrogens is 202 g/mol. The number of nitrogens with one attached hydrogen (secondary N) is 1. The third-order valence-electron chi connectivity index (χ3n) is 2.62. The van der Waals surface area contributed by atoms with Crippen LogP contribution < -0.4 is 11.1 Å². The molecule has 0 fully saturated rings. The summed E-state index contributed by atoms with van der Waals surface area (Å²) in [7, 11) is 0. The fraction of sp³-hybridized carbons (Fsp3) is 0.333. The number of nitrogens with zero attached hydrogens (tertiary/aromatic N) is 1. The van der Waals surface area contributed by atoms with Crippen molar-refractivity contribution in [3.63, 3.8) is 0 Å². The molecule has 0 aliphatic heterocycles. The van der Waals surface area contributed by atoms with Crippen LogP contribution in [0.1, 0.15) is 12.0 Å². The highest BCUT2D eigenvalue weighted by atomic mass is 16.1. The van der Waals surface area contributed by atoms with Gasteiger partial charge in [-0.25, -0.2) is 4.98 Å². The predicted octanol–water partition coefficient (Wildman–Crippen LogP) is 1.23. The van der Waals surface area contributed by atoms with E-state index in [1.807, 2.05) is 25.1 Å². The fourth-order valence-corrected chi connectivity index (χ4v) is 1.68. The number of aromatic nitrogens is 1. The van der Waals surface area contributed by atoms with E-state index >= 15 is 0 Å². The first-order valence-corrected chi connectivity index (χ1v) is 5.32. The summed E-state index contributed by atoms with van der Waals surface area (Å²) in [6.45, 7) is 1.96. The summed E-state index contributed by atoms with van der Waals surface area (Å²) in [5.41, 5.74) is 6.76. The molecule has 0 aromatic carbocycles. The van der Waals surface area contributed by atoms with Crippen molar-refractivity contribution in [2.45, 2.75) is 19.4 Å². The minimum atomic E-state index is -0.127. The van der Waals surface area contributed by atoms with Crippen LogP contribution in [0.25, 0.3) is 0 Å². The van der Waals surface area contributed by atoms with Crippen LogP contribution in [0.4, 0.5) is 5.82 Å². The van der Waals surface area contributed by atoms with Crippen LogP contribution in [-0.2, 0) is 4.79 Å². The number of carbonyl (C=O) groups excluding carboxylic acids is 1. The molecule has 16 heavy (non-hydrogen) atoms. The van der Waals surface area contributed by atoms with Crippen LogP contribution in [0.5, 0.6) is 0 Å². The van der Waals surface area contributed by atoms with Gasteiger partial charge in [0.1, 0.15) is 5.82 Å². The van der Waals surface area contributed by atoms with Crippen LogP contribution in [0.3, 0.4) is 0 Å². The van der Waals surface area contributed by atoms with Gasteiger partial charge in [-0.15, -0.1) is 0 Å². The Balaban J connectivity index is 1.97. The summed E-state index contributed by atoms with van der Waals surface area (Å²) >= 11 is 0. The van der Waals surface area contributed by atoms with E-state index in [1.54, 1.807) is 12.3 Å². The first kappa shape index (κ1) is 10.8. The highest BCUT2D eigenvalue weighted by Crippen LogP contribution is 2.18. The Labute approximate surface area is 94.6 Å². The van der Waals surface area contributed by atoms with Crippen LogP contribution in [0.2, 0.25) is 0 Å². The molecule has 1 heterocycles. The molecule has 2 unspecified atom stereocenters. The summed E-state index contributed by atoms with van der Waals surface area (Å²) in [5, 5.41) is 2.77. The maximum Gasteiger partial charge on any atom is 0.232 e. The number of hydrogen-bond donors (Lipinski definition) is 2. The molecule has 2 rings (SSSR count). The lowest BCUT2D eigenvalue weighted by Crippen LogP contribution is -2.24. The second kappa shape index (κ2) is 4.45. The van der Waals surface area contributed by atoms with Crippen molar-refractivity contribution < 1.29 is 4.79 Å². The number of carbonyl (C=O) groups is 1. The Morgan fingerprint density at radius 1 is 1.50 bits per heavy atom. The maximum absolute atomic E-state index is 11.8. The Morgan fingerprint density at radius 3 is 2.88 bits per heavy atom. The third kappa shape index (κ3) is 2.46. The Bertz CT molecular complexity index is 411. The molecular formula is C12H15N3O. The van der Waals surface area contributed by atoms with Gasteiger partial charge in [-0.3, -0.25) is 4.79 Å². The van der Waals surface area contributed by atoms with Crippen LogP contribution in [0.15, 0.2) is 30.5 Å². The predicted molar refractivity (Wildman–Crippen MR) is 62.8 cm³/mol. The molecule has 0 spiro atoms. The van der Waals surface area contributed by atoms with Crippen molar-refractivity contribution in [2.24, 2.45) is 11.7 Å². The number of pyridine rings is 1. The number of nitrogens with two attached hydrogens (primary N) is 1. The molecule has 84 valence electrons. The summed E-state index contributed by atoms with van der Waals surface area (Å²) in [4.78, 5) is 15.9. The van der Waals surface area contributed by atoms with Crippen molar-refractivity contribution in [3.8, 4) is 0 Å². The van der Waals surface area contributed by atoms with Gasteiger partial charge in [0.15, 0.2) is 0 Å². The van der Waals surface area contributed by atoms with Gasteiger partial charge in [0, 0.05) is 12.2 Å². The monoisotopic (exact) mass is 217 g/mol. The number of anilines is 1. The zero-order valence-electron chi connectivity index (χ0n) is 9.18. The van der Waals surface area contributed by atoms with Gasteiger partial charge < -0.3 is 11.1 Å². The molecule has 3 N–H and O–H groups in total. The van der Waals surface area contributed by atoms with E-state index in [0.717, 1.165) is 5.56 Å². The van der Waals surface area contributed by atoms with E-state index < -0.39 is 0 Å². The van der Waals surface area contributed by atoms with E-state index in [1.165, 1.54) is 0 Å². The van der Waals surface area contributed by atoms with Gasteiger partial charge in [0.25, 0.3) is 0 Å². The number of hydrogen-bond acceptors (Lipinski definition) is 3. The van der Waals surface area contributed by atoms with Gasteiger partial charge in [0.2, 0.25) is 5.91 Å². The standard InChI is InChI=1S/C12H15N3O/c1-8-2-5-11(14-7-8)15-12(16)9-3-4-10(13)6-9/h2-5,7,9-10H,6,13H2,1H3,(H,14,15,16). The molecule has 1 aliphatic rings. The largest absolute Gasteiger partial charge is 0.324 e. The fourth-order valence-electron chi connectivity index (χ4n) is 1.68. The van der Waals surface area contributed by atoms with Gasteiger partial charge >= 0.3 is 0 Å². The average Bonchev–Trinajstić information content (AvgIpc) is 2.68. The molecule has 0 saturated carbocycles. The van der Waals surface area contributed by atoms with E-state index in [0.29, 0.717) is 12.2 Å². The van der Waals surface area contributed by atoms with E-state index in [2.05, 4.69) is 10.3 Å². The minimum Gasteiger partial charge on any atom is -0.324 e. The SMILES string of the molecule is Cc1ccc(NC(=O)C2C=CC(N)C2)nc1. The number of aryl methyl sites for hydroxylation is 1. The van der Waals surface area contributed by atoms with E-state index in [4.69, 9.17) is 5.73 Å². The van der Waals surface area contributed by atoms with E-state index in [9.17, 15) is 4.79 Å². The van der Waals surface area contributed by atoms with E-state index in [-0.39, 0.29) is 17.9 Å². The molecule has 0 saturated heterocycles. The quantitative estimate of drug-likeness (QED) is 0.732. The lowest BCUT2D eigenvalue weighted by molar-refractivity contribution is -0.118. The molecule has 1 aromatic rings. The molecule has 1 aliphatic carbocycles. The zero-order valence-corrected chi connectivity index (χ0v) is 9.18. The third-order valence-corrected chi connectivity index (χ3v) is 2.62. The number of rotatable bonds is 2. The van der Waals surface area contributed by atoms with Gasteiger partial charge in [0.05, 0.1) is 5.92 Å². The second-order valence-electron chi connectivity index (χ2n) is 4.10. The van der Waals surface area contributed by atoms with Crippen molar-refractivity contribution in [2.75, 3.05) is 5.32 Å². The Hall–Kier alpha value is -1.68. The van der Waals surface area contributed by atoms with Gasteiger partial charge in [-0.1, -0.05) is 18.2 Å². The molecule has 0 bridgehead atoms. The smallest absolute Gasteiger partial charge is 0.232 e. The topological polar surface area (TPSA) is 68.0 Å². The summed E-state index contributed by atoms with van der Waals surface area (Å²) in [5.74, 6) is 0.420. The van der Waals surface area contributed by atoms with Crippen molar-refractivity contribution in [1.82, 2.24) is 4.98 Å². The Kier molecular flexibility index (Phi) is 3.01. The molecule has 1 aromatic heterocycles. The first-order chi connectivity index (χ1) is 7.65.